The first-order valence-electron chi connectivity index (χ1n) is 8.10. The molecule has 0 amide bonds. The molecule has 0 saturated heterocycles. The number of anilines is 1. The number of nitrogens with one attached hydrogen (secondary N) is 1. The van der Waals surface area contributed by atoms with Crippen LogP contribution in [-0.4, -0.2) is 13.2 Å². The Labute approximate surface area is 138 Å². The van der Waals surface area contributed by atoms with Crippen molar-refractivity contribution in [1.29, 1.82) is 0 Å². The van der Waals surface area contributed by atoms with Gasteiger partial charge in [-0.2, -0.15) is 0 Å². The van der Waals surface area contributed by atoms with Crippen LogP contribution in [0.4, 0.5) is 5.69 Å². The van der Waals surface area contributed by atoms with Crippen LogP contribution in [0.25, 0.3) is 6.08 Å². The van der Waals surface area contributed by atoms with E-state index < -0.39 is 0 Å². The van der Waals surface area contributed by atoms with E-state index in [4.69, 9.17) is 9.57 Å². The van der Waals surface area contributed by atoms with E-state index in [1.165, 1.54) is 0 Å². The highest BCUT2D eigenvalue weighted by atomic mass is 16.7. The highest BCUT2D eigenvalue weighted by Gasteiger charge is 2.05. The summed E-state index contributed by atoms with van der Waals surface area (Å²) in [6.07, 6.45) is 7.51. The van der Waals surface area contributed by atoms with E-state index in [-0.39, 0.29) is 6.10 Å². The summed E-state index contributed by atoms with van der Waals surface area (Å²) in [6.45, 7) is 2.19. The van der Waals surface area contributed by atoms with E-state index >= 15 is 0 Å². The van der Waals surface area contributed by atoms with Gasteiger partial charge >= 0.3 is 0 Å². The van der Waals surface area contributed by atoms with Gasteiger partial charge in [0.1, 0.15) is 11.9 Å². The van der Waals surface area contributed by atoms with Crippen molar-refractivity contribution in [3.8, 4) is 5.75 Å². The Morgan fingerprint density at radius 3 is 2.43 bits per heavy atom. The zero-order valence-electron chi connectivity index (χ0n) is 13.9. The van der Waals surface area contributed by atoms with E-state index in [0.717, 1.165) is 36.3 Å². The highest BCUT2D eigenvalue weighted by Crippen LogP contribution is 2.15. The fraction of sp³-hybridized carbons (Fsp3) is 0.300. The van der Waals surface area contributed by atoms with E-state index in [9.17, 15) is 0 Å². The Bertz CT molecular complexity index is 578. The van der Waals surface area contributed by atoms with Crippen LogP contribution in [0.15, 0.2) is 60.7 Å². The third kappa shape index (κ3) is 6.17. The number of hydrogen-bond acceptors (Lipinski definition) is 3. The van der Waals surface area contributed by atoms with Crippen molar-refractivity contribution in [1.82, 2.24) is 0 Å². The molecule has 0 spiro atoms. The van der Waals surface area contributed by atoms with Gasteiger partial charge in [0.05, 0.1) is 12.8 Å². The Morgan fingerprint density at radius 1 is 1.04 bits per heavy atom. The summed E-state index contributed by atoms with van der Waals surface area (Å²) in [5, 5.41) is 0. The van der Waals surface area contributed by atoms with Crippen LogP contribution in [0.2, 0.25) is 0 Å². The van der Waals surface area contributed by atoms with Gasteiger partial charge in [0.25, 0.3) is 0 Å². The molecular formula is C20H25NO2. The number of rotatable bonds is 9. The molecule has 2 aromatic carbocycles. The monoisotopic (exact) mass is 311 g/mol. The normalized spacial score (nSPS) is 12.3. The van der Waals surface area contributed by atoms with Crippen molar-refractivity contribution in [2.75, 3.05) is 12.6 Å². The molecule has 0 aliphatic heterocycles. The summed E-state index contributed by atoms with van der Waals surface area (Å²) >= 11 is 0. The van der Waals surface area contributed by atoms with Crippen LogP contribution in [0.1, 0.15) is 31.7 Å². The van der Waals surface area contributed by atoms with Gasteiger partial charge < -0.3 is 4.74 Å². The number of hydrogen-bond donors (Lipinski definition) is 1. The van der Waals surface area contributed by atoms with Gasteiger partial charge in [-0.3, -0.25) is 10.3 Å². The maximum atomic E-state index is 5.84. The summed E-state index contributed by atoms with van der Waals surface area (Å²) in [6, 6.07) is 17.9. The SMILES string of the molecule is CCCCC(/C=C/c1ccc(OC)cc1)ONc1ccccc1. The first-order chi connectivity index (χ1) is 11.3. The second kappa shape index (κ2) is 9.70. The van der Waals surface area contributed by atoms with Crippen molar-refractivity contribution in [3.05, 3.63) is 66.2 Å². The van der Waals surface area contributed by atoms with Gasteiger partial charge in [0.2, 0.25) is 0 Å². The molecule has 0 fully saturated rings. The lowest BCUT2D eigenvalue weighted by Gasteiger charge is -2.15. The van der Waals surface area contributed by atoms with Crippen molar-refractivity contribution < 1.29 is 9.57 Å². The van der Waals surface area contributed by atoms with Gasteiger partial charge in [0.15, 0.2) is 0 Å². The number of benzene rings is 2. The summed E-state index contributed by atoms with van der Waals surface area (Å²) in [4.78, 5) is 5.84. The summed E-state index contributed by atoms with van der Waals surface area (Å²) in [5.74, 6) is 0.867. The van der Waals surface area contributed by atoms with Crippen LogP contribution >= 0.6 is 0 Å². The molecule has 1 atom stereocenters. The lowest BCUT2D eigenvalue weighted by atomic mass is 10.1. The molecule has 1 N–H and O–H groups in total. The van der Waals surface area contributed by atoms with Gasteiger partial charge in [0, 0.05) is 0 Å². The number of para-hydroxylation sites is 1. The quantitative estimate of drug-likeness (QED) is 0.636. The Morgan fingerprint density at radius 2 is 1.78 bits per heavy atom. The molecule has 3 nitrogen and oxygen atoms in total. The first-order valence-corrected chi connectivity index (χ1v) is 8.10. The van der Waals surface area contributed by atoms with Crippen LogP contribution in [0, 0.1) is 0 Å². The zero-order valence-corrected chi connectivity index (χ0v) is 13.9. The molecule has 1 unspecified atom stereocenters. The molecule has 0 aromatic heterocycles. The second-order valence-electron chi connectivity index (χ2n) is 5.40. The highest BCUT2D eigenvalue weighted by molar-refractivity contribution is 5.51. The van der Waals surface area contributed by atoms with Gasteiger partial charge in [-0.05, 0) is 36.2 Å². The molecular weight excluding hydrogens is 286 g/mol. The Hall–Kier alpha value is -2.26. The van der Waals surface area contributed by atoms with Crippen molar-refractivity contribution in [3.63, 3.8) is 0 Å². The summed E-state index contributed by atoms with van der Waals surface area (Å²) in [5.41, 5.74) is 5.14. The third-order valence-electron chi connectivity index (χ3n) is 3.56. The molecule has 0 heterocycles. The van der Waals surface area contributed by atoms with Gasteiger partial charge in [-0.25, -0.2) is 0 Å². The van der Waals surface area contributed by atoms with E-state index in [0.29, 0.717) is 0 Å². The van der Waals surface area contributed by atoms with Crippen molar-refractivity contribution in [2.45, 2.75) is 32.3 Å². The Kier molecular flexibility index (Phi) is 7.21. The first kappa shape index (κ1) is 17.1. The van der Waals surface area contributed by atoms with Crippen molar-refractivity contribution >= 4 is 11.8 Å². The average molecular weight is 311 g/mol. The molecule has 0 radical (unpaired) electrons. The Balaban J connectivity index is 1.94. The molecule has 0 aliphatic carbocycles. The lowest BCUT2D eigenvalue weighted by Crippen LogP contribution is -2.14. The van der Waals surface area contributed by atoms with Crippen LogP contribution in [0.5, 0.6) is 5.75 Å². The molecule has 0 aliphatic rings. The van der Waals surface area contributed by atoms with E-state index in [2.05, 4.69) is 24.6 Å². The largest absolute Gasteiger partial charge is 0.497 e. The smallest absolute Gasteiger partial charge is 0.118 e. The summed E-state index contributed by atoms with van der Waals surface area (Å²) < 4.78 is 5.18. The molecule has 0 bridgehead atoms. The number of unbranched alkanes of at least 4 members (excludes halogenated alkanes) is 1. The minimum Gasteiger partial charge on any atom is -0.497 e. The lowest BCUT2D eigenvalue weighted by molar-refractivity contribution is 0.128. The molecule has 2 aromatic rings. The van der Waals surface area contributed by atoms with Crippen LogP contribution in [0.3, 0.4) is 0 Å². The molecule has 2 rings (SSSR count). The minimum atomic E-state index is 0.0391. The topological polar surface area (TPSA) is 30.5 Å². The number of ether oxygens (including phenoxy) is 1. The minimum absolute atomic E-state index is 0.0391. The summed E-state index contributed by atoms with van der Waals surface area (Å²) in [7, 11) is 1.68. The molecule has 0 saturated carbocycles. The predicted octanol–water partition coefficient (Wildman–Crippen LogP) is 5.31. The van der Waals surface area contributed by atoms with Gasteiger partial charge in [-0.1, -0.05) is 62.2 Å². The van der Waals surface area contributed by atoms with Crippen molar-refractivity contribution in [2.24, 2.45) is 0 Å². The van der Waals surface area contributed by atoms with E-state index in [1.807, 2.05) is 54.6 Å². The zero-order chi connectivity index (χ0) is 16.3. The fourth-order valence-corrected chi connectivity index (χ4v) is 2.18. The molecule has 23 heavy (non-hydrogen) atoms. The maximum Gasteiger partial charge on any atom is 0.118 e. The average Bonchev–Trinajstić information content (AvgIpc) is 2.62. The molecule has 122 valence electrons. The van der Waals surface area contributed by atoms with Crippen LogP contribution in [-0.2, 0) is 4.84 Å². The standard InChI is InChI=1S/C20H25NO2/c1-3-4-10-20(23-21-18-8-6-5-7-9-18)16-13-17-11-14-19(22-2)15-12-17/h5-9,11-16,20-21H,3-4,10H2,1-2H3/b16-13+. The fourth-order valence-electron chi connectivity index (χ4n) is 2.18. The maximum absolute atomic E-state index is 5.84. The third-order valence-corrected chi connectivity index (χ3v) is 3.56. The van der Waals surface area contributed by atoms with E-state index in [1.54, 1.807) is 7.11 Å². The number of methoxy groups -OCH3 is 1. The predicted molar refractivity (Wildman–Crippen MR) is 96.5 cm³/mol. The molecule has 3 heteroatoms. The van der Waals surface area contributed by atoms with Gasteiger partial charge in [-0.15, -0.1) is 0 Å². The van der Waals surface area contributed by atoms with Crippen LogP contribution < -0.4 is 10.2 Å². The second-order valence-corrected chi connectivity index (χ2v) is 5.40.